The molecule has 0 aliphatic carbocycles. The van der Waals surface area contributed by atoms with Crippen LogP contribution < -0.4 is 10.6 Å². The third-order valence-electron chi connectivity index (χ3n) is 4.44. The van der Waals surface area contributed by atoms with Gasteiger partial charge in [-0.15, -0.1) is 0 Å². The van der Waals surface area contributed by atoms with Crippen molar-refractivity contribution in [3.8, 4) is 6.07 Å². The van der Waals surface area contributed by atoms with Crippen molar-refractivity contribution in [1.29, 1.82) is 5.26 Å². The molecule has 0 amide bonds. The molecule has 1 fully saturated rings. The van der Waals surface area contributed by atoms with Crippen molar-refractivity contribution in [1.82, 2.24) is 9.47 Å². The maximum absolute atomic E-state index is 9.48. The molecule has 0 bridgehead atoms. The van der Waals surface area contributed by atoms with E-state index in [0.29, 0.717) is 17.9 Å². The summed E-state index contributed by atoms with van der Waals surface area (Å²) >= 11 is 0. The van der Waals surface area contributed by atoms with Crippen LogP contribution in [0.3, 0.4) is 0 Å². The molecule has 0 saturated carbocycles. The molecule has 2 heterocycles. The summed E-state index contributed by atoms with van der Waals surface area (Å²) < 4.78 is 2.05. The number of hydrogen-bond acceptors (Lipinski definition) is 4. The lowest BCUT2D eigenvalue weighted by Gasteiger charge is -2.35. The largest absolute Gasteiger partial charge is 0.396 e. The van der Waals surface area contributed by atoms with Gasteiger partial charge in [-0.1, -0.05) is 29.8 Å². The number of rotatable bonds is 3. The van der Waals surface area contributed by atoms with E-state index in [1.54, 1.807) is 6.07 Å². The second-order valence-corrected chi connectivity index (χ2v) is 6.29. The zero-order valence-electron chi connectivity index (χ0n) is 13.8. The number of hydrogen-bond donors (Lipinski definition) is 1. The van der Waals surface area contributed by atoms with Crippen molar-refractivity contribution in [3.63, 3.8) is 0 Å². The Balaban J connectivity index is 1.96. The van der Waals surface area contributed by atoms with Gasteiger partial charge >= 0.3 is 0 Å². The van der Waals surface area contributed by atoms with Gasteiger partial charge in [0.2, 0.25) is 0 Å². The number of likely N-dealkylation sites (N-methyl/N-ethyl adjacent to an activating group) is 1. The molecule has 120 valence electrons. The van der Waals surface area contributed by atoms with Gasteiger partial charge in [-0.05, 0) is 25.6 Å². The highest BCUT2D eigenvalue weighted by Gasteiger charge is 2.22. The second-order valence-electron chi connectivity index (χ2n) is 6.29. The van der Waals surface area contributed by atoms with E-state index in [2.05, 4.69) is 58.7 Å². The van der Waals surface area contributed by atoms with E-state index in [4.69, 9.17) is 5.73 Å². The Morgan fingerprint density at radius 2 is 1.91 bits per heavy atom. The molecule has 1 saturated heterocycles. The highest BCUT2D eigenvalue weighted by Crippen LogP contribution is 2.29. The SMILES string of the molecule is Cc1cccc(Cn2c(C#N)cc(N)c2N2CCN(C)CC2)c1. The number of benzene rings is 1. The zero-order valence-corrected chi connectivity index (χ0v) is 13.8. The molecule has 23 heavy (non-hydrogen) atoms. The lowest BCUT2D eigenvalue weighted by Crippen LogP contribution is -2.45. The van der Waals surface area contributed by atoms with E-state index in [1.165, 1.54) is 11.1 Å². The Hall–Kier alpha value is -2.45. The van der Waals surface area contributed by atoms with Gasteiger partial charge in [-0.25, -0.2) is 0 Å². The average Bonchev–Trinajstić information content (AvgIpc) is 2.84. The van der Waals surface area contributed by atoms with E-state index in [1.807, 2.05) is 0 Å². The Bertz CT molecular complexity index is 732. The van der Waals surface area contributed by atoms with Gasteiger partial charge in [0.1, 0.15) is 17.6 Å². The van der Waals surface area contributed by atoms with Gasteiger partial charge in [-0.3, -0.25) is 0 Å². The molecule has 3 rings (SSSR count). The molecule has 0 atom stereocenters. The minimum Gasteiger partial charge on any atom is -0.396 e. The first-order valence-electron chi connectivity index (χ1n) is 7.96. The van der Waals surface area contributed by atoms with Gasteiger partial charge < -0.3 is 20.1 Å². The monoisotopic (exact) mass is 309 g/mol. The molecule has 2 aromatic rings. The quantitative estimate of drug-likeness (QED) is 0.942. The topological polar surface area (TPSA) is 61.2 Å². The first-order chi connectivity index (χ1) is 11.1. The van der Waals surface area contributed by atoms with Crippen LogP contribution in [0.15, 0.2) is 30.3 Å². The number of nitrogens with zero attached hydrogens (tertiary/aromatic N) is 4. The van der Waals surface area contributed by atoms with Crippen molar-refractivity contribution < 1.29 is 0 Å². The predicted molar refractivity (Wildman–Crippen MR) is 93.6 cm³/mol. The van der Waals surface area contributed by atoms with Crippen LogP contribution in [0.4, 0.5) is 11.5 Å². The lowest BCUT2D eigenvalue weighted by molar-refractivity contribution is 0.311. The highest BCUT2D eigenvalue weighted by molar-refractivity contribution is 5.68. The van der Waals surface area contributed by atoms with Crippen molar-refractivity contribution in [2.45, 2.75) is 13.5 Å². The fourth-order valence-electron chi connectivity index (χ4n) is 3.18. The van der Waals surface area contributed by atoms with Crippen LogP contribution in [0.2, 0.25) is 0 Å². The number of piperazine rings is 1. The standard InChI is InChI=1S/C18H23N5/c1-14-4-3-5-15(10-14)13-23-16(12-19)11-17(20)18(23)22-8-6-21(2)7-9-22/h3-5,10-11H,6-9,13,20H2,1-2H3. The summed E-state index contributed by atoms with van der Waals surface area (Å²) in [4.78, 5) is 4.61. The van der Waals surface area contributed by atoms with E-state index in [9.17, 15) is 5.26 Å². The zero-order chi connectivity index (χ0) is 16.4. The Kier molecular flexibility index (Phi) is 4.26. The number of nitrogen functional groups attached to an aromatic ring is 1. The summed E-state index contributed by atoms with van der Waals surface area (Å²) in [5.41, 5.74) is 9.97. The van der Waals surface area contributed by atoms with E-state index < -0.39 is 0 Å². The average molecular weight is 309 g/mol. The summed E-state index contributed by atoms with van der Waals surface area (Å²) in [7, 11) is 2.13. The molecule has 1 aromatic carbocycles. The van der Waals surface area contributed by atoms with Crippen LogP contribution in [-0.4, -0.2) is 42.7 Å². The number of anilines is 2. The minimum atomic E-state index is 0.623. The summed E-state index contributed by atoms with van der Waals surface area (Å²) in [6.07, 6.45) is 0. The fourth-order valence-corrected chi connectivity index (χ4v) is 3.18. The molecule has 5 heteroatoms. The van der Waals surface area contributed by atoms with Crippen LogP contribution in [0.25, 0.3) is 0 Å². The Labute approximate surface area is 137 Å². The molecule has 0 radical (unpaired) electrons. The summed E-state index contributed by atoms with van der Waals surface area (Å²) in [5, 5.41) is 9.48. The maximum Gasteiger partial charge on any atom is 0.133 e. The molecule has 5 nitrogen and oxygen atoms in total. The second kappa shape index (κ2) is 6.35. The highest BCUT2D eigenvalue weighted by atomic mass is 15.3. The Morgan fingerprint density at radius 3 is 2.57 bits per heavy atom. The van der Waals surface area contributed by atoms with Crippen molar-refractivity contribution in [2.75, 3.05) is 43.9 Å². The van der Waals surface area contributed by atoms with Crippen molar-refractivity contribution >= 4 is 11.5 Å². The van der Waals surface area contributed by atoms with Gasteiger partial charge in [0.05, 0.1) is 12.2 Å². The first-order valence-corrected chi connectivity index (χ1v) is 7.96. The van der Waals surface area contributed by atoms with Crippen LogP contribution in [0.5, 0.6) is 0 Å². The molecule has 1 aliphatic rings. The number of nitriles is 1. The van der Waals surface area contributed by atoms with E-state index >= 15 is 0 Å². The van der Waals surface area contributed by atoms with Gasteiger partial charge in [0, 0.05) is 26.2 Å². The number of aromatic nitrogens is 1. The summed E-state index contributed by atoms with van der Waals surface area (Å²) in [5.74, 6) is 0.983. The van der Waals surface area contributed by atoms with E-state index in [-0.39, 0.29) is 0 Å². The first kappa shape index (κ1) is 15.4. The maximum atomic E-state index is 9.48. The molecule has 1 aromatic heterocycles. The van der Waals surface area contributed by atoms with Crippen LogP contribution in [-0.2, 0) is 6.54 Å². The minimum absolute atomic E-state index is 0.623. The molecular formula is C18H23N5. The Morgan fingerprint density at radius 1 is 1.17 bits per heavy atom. The normalized spacial score (nSPS) is 15.6. The van der Waals surface area contributed by atoms with Gasteiger partial charge in [0.15, 0.2) is 0 Å². The predicted octanol–water partition coefficient (Wildman–Crippen LogP) is 2.05. The number of aryl methyl sites for hydroxylation is 1. The summed E-state index contributed by atoms with van der Waals surface area (Å²) in [6, 6.07) is 12.5. The fraction of sp³-hybridized carbons (Fsp3) is 0.389. The molecule has 0 unspecified atom stereocenters. The lowest BCUT2D eigenvalue weighted by atomic mass is 10.1. The molecular weight excluding hydrogens is 286 g/mol. The van der Waals surface area contributed by atoms with E-state index in [0.717, 1.165) is 32.0 Å². The van der Waals surface area contributed by atoms with Crippen molar-refractivity contribution in [3.05, 3.63) is 47.2 Å². The van der Waals surface area contributed by atoms with Crippen LogP contribution in [0, 0.1) is 18.3 Å². The van der Waals surface area contributed by atoms with Gasteiger partial charge in [-0.2, -0.15) is 5.26 Å². The van der Waals surface area contributed by atoms with Crippen LogP contribution >= 0.6 is 0 Å². The van der Waals surface area contributed by atoms with Gasteiger partial charge in [0.25, 0.3) is 0 Å². The van der Waals surface area contributed by atoms with Crippen LogP contribution in [0.1, 0.15) is 16.8 Å². The summed E-state index contributed by atoms with van der Waals surface area (Å²) in [6.45, 7) is 6.64. The molecule has 0 spiro atoms. The third kappa shape index (κ3) is 3.17. The number of nitrogens with two attached hydrogens (primary N) is 1. The van der Waals surface area contributed by atoms with Crippen molar-refractivity contribution in [2.24, 2.45) is 0 Å². The molecule has 1 aliphatic heterocycles. The third-order valence-corrected chi connectivity index (χ3v) is 4.44. The molecule has 2 N–H and O–H groups in total. The smallest absolute Gasteiger partial charge is 0.133 e.